The molecule has 0 bridgehead atoms. The molecule has 0 atom stereocenters. The van der Waals surface area contributed by atoms with E-state index < -0.39 is 24.1 Å². The topological polar surface area (TPSA) is 48.0 Å². The number of methoxy groups -OCH3 is 1. The molecule has 7 heteroatoms. The Morgan fingerprint density at radius 2 is 1.77 bits per heavy atom. The molecule has 5 nitrogen and oxygen atoms in total. The summed E-state index contributed by atoms with van der Waals surface area (Å²) in [6.45, 7) is 8.94. The number of hydrogen-bond donors (Lipinski definition) is 0. The predicted octanol–water partition coefficient (Wildman–Crippen LogP) is 2.38. The Bertz CT molecular complexity index is 670. The third kappa shape index (κ3) is 3.52. The lowest BCUT2D eigenvalue weighted by atomic mass is 9.78. The van der Waals surface area contributed by atoms with E-state index in [4.69, 9.17) is 14.0 Å². The van der Waals surface area contributed by atoms with Crippen LogP contribution >= 0.6 is 0 Å². The van der Waals surface area contributed by atoms with Gasteiger partial charge in [0, 0.05) is 31.2 Å². The van der Waals surface area contributed by atoms with Gasteiger partial charge < -0.3 is 18.9 Å². The first-order valence-electron chi connectivity index (χ1n) is 9.12. The number of likely N-dealkylation sites (tertiary alicyclic amines) is 1. The third-order valence-electron chi connectivity index (χ3n) is 5.82. The molecule has 0 saturated carbocycles. The van der Waals surface area contributed by atoms with Crippen LogP contribution in [0.1, 0.15) is 50.9 Å². The Hall–Kier alpha value is -1.44. The number of halogens is 1. The number of carbonyl (C=O) groups is 1. The van der Waals surface area contributed by atoms with Crippen molar-refractivity contribution >= 4 is 18.5 Å². The van der Waals surface area contributed by atoms with Gasteiger partial charge in [0.15, 0.2) is 0 Å². The first-order valence-corrected chi connectivity index (χ1v) is 9.12. The van der Waals surface area contributed by atoms with Gasteiger partial charge in [-0.2, -0.15) is 0 Å². The summed E-state index contributed by atoms with van der Waals surface area (Å²) in [6.07, 6.45) is 1.80. The van der Waals surface area contributed by atoms with Crippen molar-refractivity contribution in [1.82, 2.24) is 4.90 Å². The Morgan fingerprint density at radius 3 is 2.27 bits per heavy atom. The molecular weight excluding hydrogens is 336 g/mol. The van der Waals surface area contributed by atoms with E-state index >= 15 is 0 Å². The van der Waals surface area contributed by atoms with E-state index in [2.05, 4.69) is 0 Å². The Labute approximate surface area is 154 Å². The van der Waals surface area contributed by atoms with Crippen LogP contribution in [0.2, 0.25) is 0 Å². The quantitative estimate of drug-likeness (QED) is 0.774. The molecule has 2 aliphatic rings. The lowest BCUT2D eigenvalue weighted by Crippen LogP contribution is -2.41. The molecule has 0 spiro atoms. The molecule has 142 valence electrons. The summed E-state index contributed by atoms with van der Waals surface area (Å²) in [5, 5.41) is 0. The van der Waals surface area contributed by atoms with Crippen molar-refractivity contribution in [3.63, 3.8) is 0 Å². The minimum atomic E-state index is -0.776. The first kappa shape index (κ1) is 19.3. The molecule has 1 aromatic carbocycles. The lowest BCUT2D eigenvalue weighted by molar-refractivity contribution is 0.00578. The highest BCUT2D eigenvalue weighted by Gasteiger charge is 2.52. The number of hydrogen-bond acceptors (Lipinski definition) is 4. The summed E-state index contributed by atoms with van der Waals surface area (Å²) in [4.78, 5) is 14.4. The number of piperidine rings is 1. The largest absolute Gasteiger partial charge is 0.497 e. The van der Waals surface area contributed by atoms with Gasteiger partial charge in [-0.1, -0.05) is 6.07 Å². The summed E-state index contributed by atoms with van der Waals surface area (Å²) in [6, 6.07) is 4.52. The summed E-state index contributed by atoms with van der Waals surface area (Å²) < 4.78 is 31.8. The molecule has 3 rings (SSSR count). The molecule has 0 aliphatic carbocycles. The van der Waals surface area contributed by atoms with Crippen LogP contribution in [-0.2, 0) is 14.0 Å². The van der Waals surface area contributed by atoms with E-state index in [0.29, 0.717) is 24.1 Å². The van der Waals surface area contributed by atoms with Gasteiger partial charge in [0.1, 0.15) is 5.82 Å². The molecule has 26 heavy (non-hydrogen) atoms. The maximum absolute atomic E-state index is 14.7. The fourth-order valence-corrected chi connectivity index (χ4v) is 3.30. The molecular formula is C19H27BFNO4. The Kier molecular flexibility index (Phi) is 5.16. The van der Waals surface area contributed by atoms with E-state index in [1.165, 1.54) is 6.07 Å². The second kappa shape index (κ2) is 6.95. The Balaban J connectivity index is 1.73. The molecule has 2 saturated heterocycles. The van der Waals surface area contributed by atoms with Crippen LogP contribution in [0.25, 0.3) is 0 Å². The van der Waals surface area contributed by atoms with E-state index in [1.807, 2.05) is 27.7 Å². The lowest BCUT2D eigenvalue weighted by Gasteiger charge is -2.32. The van der Waals surface area contributed by atoms with Crippen molar-refractivity contribution in [3.8, 4) is 0 Å². The second-order valence-corrected chi connectivity index (χ2v) is 8.05. The van der Waals surface area contributed by atoms with Gasteiger partial charge in [-0.15, -0.1) is 0 Å². The van der Waals surface area contributed by atoms with Gasteiger partial charge in [0.2, 0.25) is 0 Å². The first-order chi connectivity index (χ1) is 12.1. The molecule has 2 aliphatic heterocycles. The monoisotopic (exact) mass is 363 g/mol. The van der Waals surface area contributed by atoms with Crippen LogP contribution in [0, 0.1) is 5.82 Å². The van der Waals surface area contributed by atoms with Crippen molar-refractivity contribution in [2.45, 2.75) is 57.8 Å². The van der Waals surface area contributed by atoms with Crippen LogP contribution in [0.4, 0.5) is 4.39 Å². The zero-order valence-electron chi connectivity index (χ0n) is 16.2. The van der Waals surface area contributed by atoms with Gasteiger partial charge in [0.25, 0.3) is 5.91 Å². The minimum absolute atomic E-state index is 0.154. The van der Waals surface area contributed by atoms with Crippen LogP contribution < -0.4 is 5.46 Å². The highest BCUT2D eigenvalue weighted by atomic mass is 19.1. The maximum Gasteiger partial charge on any atom is 0.497 e. The van der Waals surface area contributed by atoms with Gasteiger partial charge >= 0.3 is 7.12 Å². The summed E-state index contributed by atoms with van der Waals surface area (Å²) in [7, 11) is 0.910. The predicted molar refractivity (Wildman–Crippen MR) is 98.1 cm³/mol. The number of nitrogens with zero attached hydrogens (tertiary/aromatic N) is 1. The van der Waals surface area contributed by atoms with Gasteiger partial charge in [-0.3, -0.25) is 4.79 Å². The van der Waals surface area contributed by atoms with E-state index in [-0.39, 0.29) is 12.0 Å². The Morgan fingerprint density at radius 1 is 1.19 bits per heavy atom. The second-order valence-electron chi connectivity index (χ2n) is 8.05. The van der Waals surface area contributed by atoms with Crippen LogP contribution in [-0.4, -0.2) is 55.4 Å². The highest BCUT2D eigenvalue weighted by molar-refractivity contribution is 6.62. The molecule has 2 heterocycles. The summed E-state index contributed by atoms with van der Waals surface area (Å²) in [5.74, 6) is -0.639. The molecule has 2 fully saturated rings. The van der Waals surface area contributed by atoms with Crippen LogP contribution in [0.5, 0.6) is 0 Å². The van der Waals surface area contributed by atoms with Gasteiger partial charge in [-0.25, -0.2) is 4.39 Å². The highest BCUT2D eigenvalue weighted by Crippen LogP contribution is 2.36. The molecule has 1 amide bonds. The van der Waals surface area contributed by atoms with Crippen LogP contribution in [0.15, 0.2) is 18.2 Å². The van der Waals surface area contributed by atoms with Gasteiger partial charge in [-0.05, 0) is 52.7 Å². The molecule has 1 aromatic rings. The van der Waals surface area contributed by atoms with E-state index in [1.54, 1.807) is 24.1 Å². The van der Waals surface area contributed by atoms with Crippen molar-refractivity contribution in [2.75, 3.05) is 20.2 Å². The SMILES string of the molecule is COC1CCN(C(=O)c2ccc(B3OC(C)(C)C(C)(C)O3)c(F)c2)CC1. The van der Waals surface area contributed by atoms with Crippen LogP contribution in [0.3, 0.4) is 0 Å². The average molecular weight is 363 g/mol. The number of amides is 1. The molecule has 0 unspecified atom stereocenters. The standard InChI is InChI=1S/C19H27BFNO4/c1-18(2)19(3,4)26-20(25-18)15-7-6-13(12-16(15)21)17(23)22-10-8-14(24-5)9-11-22/h6-7,12,14H,8-11H2,1-5H3. The van der Waals surface area contributed by atoms with E-state index in [9.17, 15) is 9.18 Å². The fourth-order valence-electron chi connectivity index (χ4n) is 3.30. The number of ether oxygens (including phenoxy) is 1. The van der Waals surface area contributed by atoms with Gasteiger partial charge in [0.05, 0.1) is 17.3 Å². The summed E-state index contributed by atoms with van der Waals surface area (Å²) in [5.41, 5.74) is -0.411. The molecule has 0 N–H and O–H groups in total. The zero-order valence-corrected chi connectivity index (χ0v) is 16.2. The van der Waals surface area contributed by atoms with E-state index in [0.717, 1.165) is 12.8 Å². The average Bonchev–Trinajstić information content (AvgIpc) is 2.81. The molecule has 0 aromatic heterocycles. The van der Waals surface area contributed by atoms with Crippen molar-refractivity contribution < 1.29 is 23.2 Å². The number of carbonyl (C=O) groups excluding carboxylic acids is 1. The minimum Gasteiger partial charge on any atom is -0.399 e. The number of benzene rings is 1. The third-order valence-corrected chi connectivity index (χ3v) is 5.82. The maximum atomic E-state index is 14.7. The fraction of sp³-hybridized carbons (Fsp3) is 0.632. The summed E-state index contributed by atoms with van der Waals surface area (Å²) >= 11 is 0. The zero-order chi connectivity index (χ0) is 19.1. The van der Waals surface area contributed by atoms with Crippen molar-refractivity contribution in [2.24, 2.45) is 0 Å². The molecule has 0 radical (unpaired) electrons. The number of rotatable bonds is 3. The normalized spacial score (nSPS) is 22.7. The van der Waals surface area contributed by atoms with Crippen molar-refractivity contribution in [1.29, 1.82) is 0 Å². The smallest absolute Gasteiger partial charge is 0.399 e. The van der Waals surface area contributed by atoms with Crippen molar-refractivity contribution in [3.05, 3.63) is 29.6 Å².